The molecule has 0 unspecified atom stereocenters. The standard InChI is InChI=1S/C10H12ClFN2O3S/c11-8-3-6(13)4-9(10(8)12)18(16,17)14-2-1-7(15)5-14/h3-4,7,15H,1-2,5,13H2/t7-/m0/s1. The molecule has 1 saturated heterocycles. The molecule has 5 nitrogen and oxygen atoms in total. The quantitative estimate of drug-likeness (QED) is 0.791. The topological polar surface area (TPSA) is 83.6 Å². The van der Waals surface area contributed by atoms with Gasteiger partial charge < -0.3 is 10.8 Å². The smallest absolute Gasteiger partial charge is 0.246 e. The lowest BCUT2D eigenvalue weighted by atomic mass is 10.3. The molecule has 1 atom stereocenters. The number of rotatable bonds is 2. The summed E-state index contributed by atoms with van der Waals surface area (Å²) in [7, 11) is -4.01. The van der Waals surface area contributed by atoms with E-state index in [4.69, 9.17) is 17.3 Å². The number of nitrogens with zero attached hydrogens (tertiary/aromatic N) is 1. The van der Waals surface area contributed by atoms with Crippen LogP contribution >= 0.6 is 11.6 Å². The van der Waals surface area contributed by atoms with Crippen molar-refractivity contribution >= 4 is 27.3 Å². The SMILES string of the molecule is Nc1cc(Cl)c(F)c(S(=O)(=O)N2CC[C@H](O)C2)c1. The normalized spacial score (nSPS) is 21.4. The molecular weight excluding hydrogens is 283 g/mol. The highest BCUT2D eigenvalue weighted by molar-refractivity contribution is 7.89. The van der Waals surface area contributed by atoms with E-state index in [0.29, 0.717) is 6.42 Å². The zero-order chi connectivity index (χ0) is 13.5. The molecule has 0 aromatic heterocycles. The highest BCUT2D eigenvalue weighted by Crippen LogP contribution is 2.29. The van der Waals surface area contributed by atoms with Gasteiger partial charge in [-0.3, -0.25) is 0 Å². The molecular formula is C10H12ClFN2O3S. The van der Waals surface area contributed by atoms with E-state index in [1.165, 1.54) is 0 Å². The van der Waals surface area contributed by atoms with Gasteiger partial charge in [-0.05, 0) is 18.6 Å². The van der Waals surface area contributed by atoms with Crippen molar-refractivity contribution in [2.45, 2.75) is 17.4 Å². The van der Waals surface area contributed by atoms with Gasteiger partial charge in [-0.1, -0.05) is 11.6 Å². The largest absolute Gasteiger partial charge is 0.399 e. The number of β-amino-alcohol motifs (C(OH)–C–C–N with tert-alkyl or cyclic N) is 1. The summed E-state index contributed by atoms with van der Waals surface area (Å²) in [5, 5.41) is 9.00. The second-order valence-corrected chi connectivity index (χ2v) is 6.43. The van der Waals surface area contributed by atoms with Crippen molar-refractivity contribution in [1.29, 1.82) is 0 Å². The Kier molecular flexibility index (Phi) is 3.50. The molecule has 1 fully saturated rings. The predicted molar refractivity (Wildman–Crippen MR) is 65.2 cm³/mol. The van der Waals surface area contributed by atoms with Crippen LogP contribution in [0.1, 0.15) is 6.42 Å². The second kappa shape index (κ2) is 4.65. The molecule has 18 heavy (non-hydrogen) atoms. The predicted octanol–water partition coefficient (Wildman–Crippen LogP) is 0.817. The van der Waals surface area contributed by atoms with Gasteiger partial charge in [0.15, 0.2) is 5.82 Å². The highest BCUT2D eigenvalue weighted by atomic mass is 35.5. The molecule has 0 aliphatic carbocycles. The maximum absolute atomic E-state index is 13.8. The second-order valence-electron chi connectivity index (χ2n) is 4.12. The molecule has 1 heterocycles. The van der Waals surface area contributed by atoms with E-state index in [2.05, 4.69) is 0 Å². The van der Waals surface area contributed by atoms with Gasteiger partial charge in [0, 0.05) is 18.8 Å². The molecule has 8 heteroatoms. The van der Waals surface area contributed by atoms with Crippen molar-refractivity contribution in [2.24, 2.45) is 0 Å². The molecule has 3 N–H and O–H groups in total. The summed E-state index contributed by atoms with van der Waals surface area (Å²) in [4.78, 5) is -0.554. The number of aliphatic hydroxyl groups is 1. The summed E-state index contributed by atoms with van der Waals surface area (Å²) in [6, 6.07) is 2.18. The zero-order valence-electron chi connectivity index (χ0n) is 9.31. The van der Waals surface area contributed by atoms with Crippen LogP contribution in [0.2, 0.25) is 5.02 Å². The van der Waals surface area contributed by atoms with Gasteiger partial charge in [-0.15, -0.1) is 0 Å². The van der Waals surface area contributed by atoms with E-state index in [-0.39, 0.29) is 23.8 Å². The summed E-state index contributed by atoms with van der Waals surface area (Å²) in [6.45, 7) is 0.101. The summed E-state index contributed by atoms with van der Waals surface area (Å²) in [5.74, 6) is -1.02. The van der Waals surface area contributed by atoms with E-state index < -0.39 is 26.8 Å². The number of sulfonamides is 1. The fraction of sp³-hybridized carbons (Fsp3) is 0.400. The molecule has 100 valence electrons. The molecule has 1 aromatic rings. The van der Waals surface area contributed by atoms with E-state index in [0.717, 1.165) is 16.4 Å². The first kappa shape index (κ1) is 13.5. The first-order valence-corrected chi connectivity index (χ1v) is 7.07. The zero-order valence-corrected chi connectivity index (χ0v) is 10.9. The maximum Gasteiger partial charge on any atom is 0.246 e. The van der Waals surface area contributed by atoms with Crippen molar-refractivity contribution in [1.82, 2.24) is 4.31 Å². The van der Waals surface area contributed by atoms with Crippen LogP contribution in [0.25, 0.3) is 0 Å². The molecule has 0 spiro atoms. The lowest BCUT2D eigenvalue weighted by Crippen LogP contribution is -2.30. The molecule has 0 radical (unpaired) electrons. The van der Waals surface area contributed by atoms with Gasteiger partial charge in [-0.2, -0.15) is 4.31 Å². The Morgan fingerprint density at radius 1 is 1.50 bits per heavy atom. The van der Waals surface area contributed by atoms with Gasteiger partial charge in [0.25, 0.3) is 0 Å². The summed E-state index contributed by atoms with van der Waals surface area (Å²) >= 11 is 5.57. The Labute approximate surface area is 109 Å². The molecule has 0 saturated carbocycles. The third-order valence-corrected chi connectivity index (χ3v) is 4.90. The molecule has 0 amide bonds. The minimum atomic E-state index is -4.01. The number of benzene rings is 1. The third-order valence-electron chi connectivity index (χ3n) is 2.76. The van der Waals surface area contributed by atoms with Crippen LogP contribution in [0, 0.1) is 5.82 Å². The van der Waals surface area contributed by atoms with Gasteiger partial charge in [0.2, 0.25) is 10.0 Å². The summed E-state index contributed by atoms with van der Waals surface area (Å²) < 4.78 is 39.1. The monoisotopic (exact) mass is 294 g/mol. The Morgan fingerprint density at radius 3 is 2.72 bits per heavy atom. The average Bonchev–Trinajstić information content (AvgIpc) is 2.70. The van der Waals surface area contributed by atoms with Gasteiger partial charge in [-0.25, -0.2) is 12.8 Å². The fourth-order valence-electron chi connectivity index (χ4n) is 1.84. The number of hydrogen-bond acceptors (Lipinski definition) is 4. The average molecular weight is 295 g/mol. The van der Waals surface area contributed by atoms with Crippen LogP contribution in [0.3, 0.4) is 0 Å². The van der Waals surface area contributed by atoms with Gasteiger partial charge in [0.1, 0.15) is 4.90 Å². The van der Waals surface area contributed by atoms with Crippen molar-refractivity contribution in [3.63, 3.8) is 0 Å². The molecule has 2 rings (SSSR count). The van der Waals surface area contributed by atoms with Crippen molar-refractivity contribution in [3.05, 3.63) is 23.0 Å². The van der Waals surface area contributed by atoms with E-state index >= 15 is 0 Å². The van der Waals surface area contributed by atoms with E-state index in [9.17, 15) is 17.9 Å². The number of nitrogens with two attached hydrogens (primary N) is 1. The fourth-order valence-corrected chi connectivity index (χ4v) is 3.74. The first-order chi connectivity index (χ1) is 8.32. The summed E-state index contributed by atoms with van der Waals surface area (Å²) in [6.07, 6.45) is -0.393. The van der Waals surface area contributed by atoms with Crippen LogP contribution < -0.4 is 5.73 Å². The van der Waals surface area contributed by atoms with E-state index in [1.807, 2.05) is 0 Å². The van der Waals surface area contributed by atoms with Crippen molar-refractivity contribution in [2.75, 3.05) is 18.8 Å². The number of hydrogen-bond donors (Lipinski definition) is 2. The minimum absolute atomic E-state index is 0.0474. The summed E-state index contributed by atoms with van der Waals surface area (Å²) in [5.41, 5.74) is 5.54. The number of halogens is 2. The highest BCUT2D eigenvalue weighted by Gasteiger charge is 2.34. The molecule has 1 aliphatic heterocycles. The van der Waals surface area contributed by atoms with Crippen LogP contribution in [0.5, 0.6) is 0 Å². The maximum atomic E-state index is 13.8. The molecule has 1 aliphatic rings. The number of nitrogen functional groups attached to an aromatic ring is 1. The Balaban J connectivity index is 2.48. The van der Waals surface area contributed by atoms with Crippen LogP contribution in [-0.4, -0.2) is 37.0 Å². The lowest BCUT2D eigenvalue weighted by molar-refractivity contribution is 0.189. The number of anilines is 1. The van der Waals surface area contributed by atoms with Crippen LogP contribution in [0.4, 0.5) is 10.1 Å². The van der Waals surface area contributed by atoms with Crippen molar-refractivity contribution in [3.8, 4) is 0 Å². The Morgan fingerprint density at radius 2 is 2.17 bits per heavy atom. The van der Waals surface area contributed by atoms with Gasteiger partial charge >= 0.3 is 0 Å². The molecule has 1 aromatic carbocycles. The van der Waals surface area contributed by atoms with Gasteiger partial charge in [0.05, 0.1) is 11.1 Å². The Hall–Kier alpha value is -0.890. The van der Waals surface area contributed by atoms with E-state index in [1.54, 1.807) is 0 Å². The van der Waals surface area contributed by atoms with Crippen LogP contribution in [-0.2, 0) is 10.0 Å². The van der Waals surface area contributed by atoms with Crippen LogP contribution in [0.15, 0.2) is 17.0 Å². The van der Waals surface area contributed by atoms with Crippen molar-refractivity contribution < 1.29 is 17.9 Å². The Bertz CT molecular complexity index is 579. The number of aliphatic hydroxyl groups excluding tert-OH is 1. The third kappa shape index (κ3) is 2.31. The molecule has 0 bridgehead atoms. The minimum Gasteiger partial charge on any atom is -0.399 e. The lowest BCUT2D eigenvalue weighted by Gasteiger charge is -2.16. The first-order valence-electron chi connectivity index (χ1n) is 5.25.